The van der Waals surface area contributed by atoms with Crippen LogP contribution in [-0.2, 0) is 0 Å². The van der Waals surface area contributed by atoms with Gasteiger partial charge in [0.05, 0.1) is 11.9 Å². The fourth-order valence-corrected chi connectivity index (χ4v) is 8.48. The number of nitrogens with one attached hydrogen (secondary N) is 4. The molecule has 0 saturated carbocycles. The topological polar surface area (TPSA) is 205 Å². The number of carbonyl (C=O) groups is 4. The number of urea groups is 4. The zero-order chi connectivity index (χ0) is 59.5. The van der Waals surface area contributed by atoms with Crippen LogP contribution in [0.2, 0.25) is 0 Å². The number of amides is 8. The summed E-state index contributed by atoms with van der Waals surface area (Å²) in [7, 11) is 0. The van der Waals surface area contributed by atoms with Gasteiger partial charge in [-0.2, -0.15) is 0 Å². The summed E-state index contributed by atoms with van der Waals surface area (Å²) in [6.07, 6.45) is 4.52. The fraction of sp³-hybridized carbons (Fsp3) is 0.123. The molecule has 8 aromatic rings. The molecule has 0 bridgehead atoms. The third-order valence-electron chi connectivity index (χ3n) is 12.8. The van der Waals surface area contributed by atoms with Crippen LogP contribution in [0.4, 0.5) is 46.4 Å². The number of carbonyl (C=O) groups excluding carboxylic acids is 4. The van der Waals surface area contributed by atoms with Crippen molar-refractivity contribution in [3.63, 3.8) is 0 Å². The lowest BCUT2D eigenvalue weighted by atomic mass is 10.2. The van der Waals surface area contributed by atoms with Gasteiger partial charge in [0, 0.05) is 104 Å². The molecule has 0 atom stereocenters. The number of hydrogen-bond donors (Lipinski definition) is 4. The Bertz CT molecular complexity index is 3350. The van der Waals surface area contributed by atoms with Crippen LogP contribution in [0.15, 0.2) is 243 Å². The van der Waals surface area contributed by atoms with Crippen molar-refractivity contribution in [1.29, 1.82) is 0 Å². The Hall–Kier alpha value is -11.3. The van der Waals surface area contributed by atoms with Gasteiger partial charge in [0.15, 0.2) is 5.82 Å². The van der Waals surface area contributed by atoms with Gasteiger partial charge in [-0.25, -0.2) is 28.6 Å². The maximum Gasteiger partial charge on any atom is 0.327 e. The molecule has 0 radical (unpaired) electrons. The Balaban J connectivity index is 0.000000136. The van der Waals surface area contributed by atoms with E-state index in [9.17, 15) is 23.6 Å². The number of ether oxygens (including phenoxy) is 4. The highest BCUT2D eigenvalue weighted by Crippen LogP contribution is 2.29. The van der Waals surface area contributed by atoms with Crippen LogP contribution < -0.4 is 59.8 Å². The summed E-state index contributed by atoms with van der Waals surface area (Å²) < 4.78 is 35.6. The Labute approximate surface area is 490 Å². The molecule has 430 valence electrons. The second kappa shape index (κ2) is 28.4. The number of hydrogen-bond acceptors (Lipinski definition) is 11. The third-order valence-corrected chi connectivity index (χ3v) is 12.8. The lowest BCUT2D eigenvalue weighted by Gasteiger charge is -2.28. The maximum atomic E-state index is 13.1. The molecule has 4 aliphatic heterocycles. The lowest BCUT2D eigenvalue weighted by Crippen LogP contribution is -2.45. The summed E-state index contributed by atoms with van der Waals surface area (Å²) in [6, 6.07) is 55.1. The van der Waals surface area contributed by atoms with Crippen LogP contribution in [0.1, 0.15) is 25.7 Å². The zero-order valence-corrected chi connectivity index (χ0v) is 46.2. The number of para-hydroxylation sites is 3. The standard InChI is InChI=1S/C17H15FN2O2.C17H16N2O2.C16H15N3O2.C15H14N4O2/c1-12-9-10-20(17(21)19-12)14-5-7-15(8-6-14)22-16-4-2-3-13(18)11-16;1-13-11-12-19(17(20)18-13)14-7-9-16(10-8-14)21-15-5-3-2-4-6-15;1-12-9-10-19(16(20)18-12)13-7-8-15(17-11-13)21-14-5-3-2-4-6-14;1-11-9-10-19(15(20)16-11)13-7-8-14(18-17-13)21-12-5-3-2-4-6-12/h2-8,11H,1,9-10H2,(H,19,21);2-10H,1,11-12H2,(H,18,20);2-8,11H,1,9-10H2,(H,18,20);2-8H,1,9-10H2,(H,16,20). The Morgan fingerprint density at radius 1 is 0.365 bits per heavy atom. The van der Waals surface area contributed by atoms with Gasteiger partial charge < -0.3 is 40.2 Å². The van der Waals surface area contributed by atoms with E-state index in [4.69, 9.17) is 18.9 Å². The molecular formula is C65H60FN11O8. The van der Waals surface area contributed by atoms with Crippen LogP contribution >= 0.6 is 0 Å². The first-order chi connectivity index (χ1) is 41.3. The Kier molecular flexibility index (Phi) is 19.5. The van der Waals surface area contributed by atoms with Crippen molar-refractivity contribution in [3.8, 4) is 46.3 Å². The molecule has 0 unspecified atom stereocenters. The van der Waals surface area contributed by atoms with Crippen LogP contribution in [0, 0.1) is 5.82 Å². The smallest absolute Gasteiger partial charge is 0.327 e. The second-order valence-corrected chi connectivity index (χ2v) is 19.1. The number of benzene rings is 6. The monoisotopic (exact) mass is 1140 g/mol. The van der Waals surface area contributed by atoms with E-state index in [1.54, 1.807) is 75.5 Å². The predicted octanol–water partition coefficient (Wildman–Crippen LogP) is 14.0. The van der Waals surface area contributed by atoms with Gasteiger partial charge in [-0.1, -0.05) is 87.0 Å². The van der Waals surface area contributed by atoms with Gasteiger partial charge in [0.1, 0.15) is 40.3 Å². The van der Waals surface area contributed by atoms with Crippen LogP contribution in [0.25, 0.3) is 0 Å². The van der Waals surface area contributed by atoms with Crippen LogP contribution in [0.5, 0.6) is 46.3 Å². The molecule has 85 heavy (non-hydrogen) atoms. The van der Waals surface area contributed by atoms with E-state index in [0.717, 1.165) is 64.2 Å². The lowest BCUT2D eigenvalue weighted by molar-refractivity contribution is 0.245. The highest BCUT2D eigenvalue weighted by atomic mass is 19.1. The van der Waals surface area contributed by atoms with Gasteiger partial charge in [-0.05, 0) is 109 Å². The average molecular weight is 1140 g/mol. The van der Waals surface area contributed by atoms with Gasteiger partial charge in [0.2, 0.25) is 11.8 Å². The summed E-state index contributed by atoms with van der Waals surface area (Å²) in [6.45, 7) is 17.4. The predicted molar refractivity (Wildman–Crippen MR) is 324 cm³/mol. The van der Waals surface area contributed by atoms with Crippen molar-refractivity contribution in [3.05, 3.63) is 249 Å². The summed E-state index contributed by atoms with van der Waals surface area (Å²) in [5, 5.41) is 18.9. The first-order valence-electron chi connectivity index (χ1n) is 27.0. The van der Waals surface area contributed by atoms with E-state index in [1.165, 1.54) is 17.0 Å². The molecule has 20 heteroatoms. The summed E-state index contributed by atoms with van der Waals surface area (Å²) in [4.78, 5) is 58.2. The molecule has 0 spiro atoms. The van der Waals surface area contributed by atoms with E-state index in [0.29, 0.717) is 79.5 Å². The first kappa shape index (κ1) is 58.4. The molecule has 0 aliphatic carbocycles. The van der Waals surface area contributed by atoms with Gasteiger partial charge >= 0.3 is 24.1 Å². The molecule has 6 heterocycles. The van der Waals surface area contributed by atoms with E-state index in [-0.39, 0.29) is 29.9 Å². The quantitative estimate of drug-likeness (QED) is 0.0906. The van der Waals surface area contributed by atoms with Crippen molar-refractivity contribution in [2.45, 2.75) is 25.7 Å². The largest absolute Gasteiger partial charge is 0.457 e. The van der Waals surface area contributed by atoms with Gasteiger partial charge in [-0.3, -0.25) is 19.6 Å². The van der Waals surface area contributed by atoms with E-state index in [1.807, 2.05) is 121 Å². The second-order valence-electron chi connectivity index (χ2n) is 19.1. The number of aromatic nitrogens is 3. The molecule has 4 N–H and O–H groups in total. The van der Waals surface area contributed by atoms with E-state index < -0.39 is 0 Å². The number of rotatable bonds is 12. The number of pyridine rings is 1. The van der Waals surface area contributed by atoms with Gasteiger partial charge in [-0.15, -0.1) is 10.2 Å². The van der Waals surface area contributed by atoms with Crippen molar-refractivity contribution < 1.29 is 42.5 Å². The normalized spacial score (nSPS) is 14.7. The summed E-state index contributed by atoms with van der Waals surface area (Å²) >= 11 is 0. The minimum absolute atomic E-state index is 0.136. The molecule has 2 aromatic heterocycles. The molecule has 19 nitrogen and oxygen atoms in total. The molecule has 6 aromatic carbocycles. The van der Waals surface area contributed by atoms with Crippen molar-refractivity contribution in [2.24, 2.45) is 0 Å². The van der Waals surface area contributed by atoms with E-state index in [2.05, 4.69) is 62.8 Å². The molecule has 4 aliphatic rings. The maximum absolute atomic E-state index is 13.1. The van der Waals surface area contributed by atoms with Gasteiger partial charge in [0.25, 0.3) is 0 Å². The molecule has 12 rings (SSSR count). The highest BCUT2D eigenvalue weighted by Gasteiger charge is 2.25. The Morgan fingerprint density at radius 2 is 0.729 bits per heavy atom. The third kappa shape index (κ3) is 16.9. The molecule has 4 saturated heterocycles. The molecular weight excluding hydrogens is 1080 g/mol. The first-order valence-corrected chi connectivity index (χ1v) is 27.0. The molecule has 4 fully saturated rings. The molecule has 8 amide bonds. The van der Waals surface area contributed by atoms with Crippen LogP contribution in [0.3, 0.4) is 0 Å². The van der Waals surface area contributed by atoms with E-state index >= 15 is 0 Å². The number of anilines is 4. The summed E-state index contributed by atoms with van der Waals surface area (Å²) in [5.74, 6) is 4.97. The van der Waals surface area contributed by atoms with Crippen LogP contribution in [-0.4, -0.2) is 65.5 Å². The SMILES string of the molecule is C=C1CCN(c2ccc(Oc3cccc(F)c3)cc2)C(=O)N1.C=C1CCN(c2ccc(Oc3ccccc3)cc2)C(=O)N1.C=C1CCN(c2ccc(Oc3ccccc3)nc2)C(=O)N1.C=C1CCN(c2ccc(Oc3ccccc3)nn2)C(=O)N1. The minimum atomic E-state index is -0.348. The zero-order valence-electron chi connectivity index (χ0n) is 46.2. The summed E-state index contributed by atoms with van der Waals surface area (Å²) in [5.41, 5.74) is 5.31. The van der Waals surface area contributed by atoms with Crippen molar-refractivity contribution in [1.82, 2.24) is 36.4 Å². The van der Waals surface area contributed by atoms with Crippen molar-refractivity contribution in [2.75, 3.05) is 45.8 Å². The average Bonchev–Trinajstić information content (AvgIpc) is 3.54. The highest BCUT2D eigenvalue weighted by molar-refractivity contribution is 5.96. The van der Waals surface area contributed by atoms with Crippen molar-refractivity contribution >= 4 is 47.0 Å². The number of nitrogens with zero attached hydrogens (tertiary/aromatic N) is 7. The minimum Gasteiger partial charge on any atom is -0.457 e. The fourth-order valence-electron chi connectivity index (χ4n) is 8.48. The number of halogens is 1. The Morgan fingerprint density at radius 3 is 1.13 bits per heavy atom.